The largest absolute Gasteiger partial charge is 0.398 e. The lowest BCUT2D eigenvalue weighted by Gasteiger charge is -2.00. The van der Waals surface area contributed by atoms with Gasteiger partial charge in [-0.25, -0.2) is 0 Å². The molecule has 0 saturated carbocycles. The first-order chi connectivity index (χ1) is 7.13. The third kappa shape index (κ3) is 3.46. The highest BCUT2D eigenvalue weighted by atomic mass is 16.1. The molecule has 1 aromatic rings. The van der Waals surface area contributed by atoms with Crippen molar-refractivity contribution in [3.63, 3.8) is 0 Å². The molecule has 1 aromatic carbocycles. The van der Waals surface area contributed by atoms with Crippen molar-refractivity contribution in [1.29, 1.82) is 0 Å². The van der Waals surface area contributed by atoms with Gasteiger partial charge in [-0.15, -0.1) is 0 Å². The van der Waals surface area contributed by atoms with Crippen molar-refractivity contribution in [3.8, 4) is 0 Å². The van der Waals surface area contributed by atoms with Crippen molar-refractivity contribution in [3.05, 3.63) is 35.4 Å². The number of anilines is 1. The zero-order chi connectivity index (χ0) is 11.3. The lowest BCUT2D eigenvalue weighted by molar-refractivity contribution is -0.116. The van der Waals surface area contributed by atoms with Gasteiger partial charge < -0.3 is 11.1 Å². The number of benzene rings is 1. The predicted octanol–water partition coefficient (Wildman–Crippen LogP) is 1.73. The molecule has 0 aromatic heterocycles. The average Bonchev–Trinajstić information content (AvgIpc) is 2.20. The number of rotatable bonds is 3. The highest BCUT2D eigenvalue weighted by molar-refractivity contribution is 5.91. The number of amides is 1. The van der Waals surface area contributed by atoms with E-state index in [0.717, 1.165) is 16.8 Å². The molecular weight excluding hydrogens is 188 g/mol. The van der Waals surface area contributed by atoms with Crippen LogP contribution in [0.4, 0.5) is 5.69 Å². The van der Waals surface area contributed by atoms with Crippen molar-refractivity contribution in [2.75, 3.05) is 12.3 Å². The van der Waals surface area contributed by atoms with Gasteiger partial charge >= 0.3 is 0 Å². The summed E-state index contributed by atoms with van der Waals surface area (Å²) in [5, 5.41) is 2.68. The Kier molecular flexibility index (Phi) is 3.92. The molecule has 0 atom stereocenters. The standard InChI is InChI=1S/C12H16N2O/c1-3-14-12(15)7-6-10-5-4-9(2)11(13)8-10/h4-8H,3,13H2,1-2H3,(H,14,15)/b7-6+. The molecule has 0 aliphatic carbocycles. The molecule has 3 nitrogen and oxygen atoms in total. The van der Waals surface area contributed by atoms with Gasteiger partial charge in [-0.05, 0) is 37.1 Å². The minimum Gasteiger partial charge on any atom is -0.398 e. The molecule has 0 fully saturated rings. The highest BCUT2D eigenvalue weighted by Crippen LogP contribution is 2.13. The maximum absolute atomic E-state index is 11.1. The van der Waals surface area contributed by atoms with E-state index in [1.54, 1.807) is 6.08 Å². The van der Waals surface area contributed by atoms with Crippen LogP contribution < -0.4 is 11.1 Å². The summed E-state index contributed by atoms with van der Waals surface area (Å²) in [5.41, 5.74) is 8.48. The zero-order valence-electron chi connectivity index (χ0n) is 9.08. The second-order valence-corrected chi connectivity index (χ2v) is 3.34. The van der Waals surface area contributed by atoms with E-state index in [9.17, 15) is 4.79 Å². The molecule has 15 heavy (non-hydrogen) atoms. The van der Waals surface area contributed by atoms with Gasteiger partial charge in [0.15, 0.2) is 0 Å². The quantitative estimate of drug-likeness (QED) is 0.582. The van der Waals surface area contributed by atoms with Gasteiger partial charge in [-0.3, -0.25) is 4.79 Å². The molecule has 80 valence electrons. The Labute approximate surface area is 90.0 Å². The Balaban J connectivity index is 2.72. The second-order valence-electron chi connectivity index (χ2n) is 3.34. The van der Waals surface area contributed by atoms with Crippen molar-refractivity contribution in [2.45, 2.75) is 13.8 Å². The molecule has 0 heterocycles. The third-order valence-electron chi connectivity index (χ3n) is 2.08. The molecule has 0 aliphatic heterocycles. The van der Waals surface area contributed by atoms with Gasteiger partial charge in [0.1, 0.15) is 0 Å². The summed E-state index contributed by atoms with van der Waals surface area (Å²) in [6, 6.07) is 5.72. The van der Waals surface area contributed by atoms with Gasteiger partial charge in [-0.1, -0.05) is 12.1 Å². The molecule has 0 spiro atoms. The number of likely N-dealkylation sites (N-methyl/N-ethyl adjacent to an activating group) is 1. The minimum absolute atomic E-state index is 0.0864. The molecule has 0 bridgehead atoms. The van der Waals surface area contributed by atoms with E-state index in [-0.39, 0.29) is 5.91 Å². The molecule has 3 heteroatoms. The molecule has 0 saturated heterocycles. The van der Waals surface area contributed by atoms with E-state index in [1.807, 2.05) is 32.0 Å². The molecule has 1 rings (SSSR count). The second kappa shape index (κ2) is 5.20. The predicted molar refractivity (Wildman–Crippen MR) is 63.3 cm³/mol. The first-order valence-corrected chi connectivity index (χ1v) is 4.95. The zero-order valence-corrected chi connectivity index (χ0v) is 9.08. The normalized spacial score (nSPS) is 10.5. The fourth-order valence-electron chi connectivity index (χ4n) is 1.17. The summed E-state index contributed by atoms with van der Waals surface area (Å²) < 4.78 is 0. The maximum Gasteiger partial charge on any atom is 0.243 e. The van der Waals surface area contributed by atoms with E-state index in [1.165, 1.54) is 6.08 Å². The Hall–Kier alpha value is -1.77. The fraction of sp³-hybridized carbons (Fsp3) is 0.250. The van der Waals surface area contributed by atoms with Crippen molar-refractivity contribution in [1.82, 2.24) is 5.32 Å². The van der Waals surface area contributed by atoms with E-state index in [2.05, 4.69) is 5.32 Å². The van der Waals surface area contributed by atoms with Crippen LogP contribution in [-0.4, -0.2) is 12.5 Å². The van der Waals surface area contributed by atoms with Gasteiger partial charge in [0.25, 0.3) is 0 Å². The van der Waals surface area contributed by atoms with Crippen LogP contribution in [-0.2, 0) is 4.79 Å². The SMILES string of the molecule is CCNC(=O)/C=C/c1ccc(C)c(N)c1. The Morgan fingerprint density at radius 2 is 2.27 bits per heavy atom. The summed E-state index contributed by atoms with van der Waals surface area (Å²) in [4.78, 5) is 11.1. The van der Waals surface area contributed by atoms with Gasteiger partial charge in [0, 0.05) is 18.3 Å². The highest BCUT2D eigenvalue weighted by Gasteiger charge is 1.95. The maximum atomic E-state index is 11.1. The van der Waals surface area contributed by atoms with Crippen LogP contribution in [0.2, 0.25) is 0 Å². The van der Waals surface area contributed by atoms with E-state index in [0.29, 0.717) is 6.54 Å². The van der Waals surface area contributed by atoms with Gasteiger partial charge in [0.2, 0.25) is 5.91 Å². The lowest BCUT2D eigenvalue weighted by atomic mass is 10.1. The number of nitrogen functional groups attached to an aromatic ring is 1. The first-order valence-electron chi connectivity index (χ1n) is 4.95. The first kappa shape index (κ1) is 11.3. The Bertz CT molecular complexity index is 383. The van der Waals surface area contributed by atoms with Crippen LogP contribution in [0.3, 0.4) is 0 Å². The topological polar surface area (TPSA) is 55.1 Å². The summed E-state index contributed by atoms with van der Waals surface area (Å²) in [6.45, 7) is 4.47. The van der Waals surface area contributed by atoms with Gasteiger partial charge in [0.05, 0.1) is 0 Å². The molecule has 1 amide bonds. The molecular formula is C12H16N2O. The fourth-order valence-corrected chi connectivity index (χ4v) is 1.17. The van der Waals surface area contributed by atoms with Crippen LogP contribution in [0, 0.1) is 6.92 Å². The number of hydrogen-bond donors (Lipinski definition) is 2. The van der Waals surface area contributed by atoms with Crippen LogP contribution >= 0.6 is 0 Å². The Morgan fingerprint density at radius 1 is 1.53 bits per heavy atom. The van der Waals surface area contributed by atoms with Crippen LogP contribution in [0.15, 0.2) is 24.3 Å². The smallest absolute Gasteiger partial charge is 0.243 e. The summed E-state index contributed by atoms with van der Waals surface area (Å²) >= 11 is 0. The number of hydrogen-bond acceptors (Lipinski definition) is 2. The molecule has 0 unspecified atom stereocenters. The molecule has 3 N–H and O–H groups in total. The van der Waals surface area contributed by atoms with E-state index in [4.69, 9.17) is 5.73 Å². The van der Waals surface area contributed by atoms with E-state index >= 15 is 0 Å². The number of nitrogens with two attached hydrogens (primary N) is 1. The summed E-state index contributed by atoms with van der Waals surface area (Å²) in [7, 11) is 0. The van der Waals surface area contributed by atoms with Crippen molar-refractivity contribution in [2.24, 2.45) is 0 Å². The molecule has 0 radical (unpaired) electrons. The summed E-state index contributed by atoms with van der Waals surface area (Å²) in [6.07, 6.45) is 3.26. The number of aryl methyl sites for hydroxylation is 1. The number of carbonyl (C=O) groups excluding carboxylic acids is 1. The number of carbonyl (C=O) groups is 1. The Morgan fingerprint density at radius 3 is 2.87 bits per heavy atom. The lowest BCUT2D eigenvalue weighted by Crippen LogP contribution is -2.19. The van der Waals surface area contributed by atoms with Crippen molar-refractivity contribution < 1.29 is 4.79 Å². The van der Waals surface area contributed by atoms with Gasteiger partial charge in [-0.2, -0.15) is 0 Å². The van der Waals surface area contributed by atoms with Crippen LogP contribution in [0.25, 0.3) is 6.08 Å². The van der Waals surface area contributed by atoms with E-state index < -0.39 is 0 Å². The van der Waals surface area contributed by atoms with Crippen LogP contribution in [0.1, 0.15) is 18.1 Å². The molecule has 0 aliphatic rings. The monoisotopic (exact) mass is 204 g/mol. The third-order valence-corrected chi connectivity index (χ3v) is 2.08. The number of nitrogens with one attached hydrogen (secondary N) is 1. The van der Waals surface area contributed by atoms with Crippen molar-refractivity contribution >= 4 is 17.7 Å². The summed E-state index contributed by atoms with van der Waals surface area (Å²) in [5.74, 6) is -0.0864. The minimum atomic E-state index is -0.0864. The van der Waals surface area contributed by atoms with Crippen LogP contribution in [0.5, 0.6) is 0 Å². The average molecular weight is 204 g/mol.